The minimum atomic E-state index is -0.914. The lowest BCUT2D eigenvalue weighted by Crippen LogP contribution is -2.47. The van der Waals surface area contributed by atoms with Crippen LogP contribution >= 0.6 is 0 Å². The fourth-order valence-electron chi connectivity index (χ4n) is 2.86. The third-order valence-electron chi connectivity index (χ3n) is 3.93. The van der Waals surface area contributed by atoms with Gasteiger partial charge in [-0.2, -0.15) is 0 Å². The summed E-state index contributed by atoms with van der Waals surface area (Å²) in [6, 6.07) is 6.26. The lowest BCUT2D eigenvalue weighted by molar-refractivity contribution is -0.138. The highest BCUT2D eigenvalue weighted by molar-refractivity contribution is 5.95. The maximum absolute atomic E-state index is 12.3. The van der Waals surface area contributed by atoms with Crippen LogP contribution in [0.1, 0.15) is 42.5 Å². The van der Waals surface area contributed by atoms with Crippen LogP contribution in [-0.2, 0) is 9.59 Å². The number of amides is 2. The second kappa shape index (κ2) is 7.13. The highest BCUT2D eigenvalue weighted by Gasteiger charge is 2.37. The SMILES string of the molecule is NC(=O)COc1ccc(C(=O)NC2(CC(=O)O)CCCC2)cc1. The van der Waals surface area contributed by atoms with E-state index < -0.39 is 17.4 Å². The number of carboxylic acids is 1. The van der Waals surface area contributed by atoms with E-state index in [0.717, 1.165) is 12.8 Å². The van der Waals surface area contributed by atoms with Crippen LogP contribution < -0.4 is 15.8 Å². The fraction of sp³-hybridized carbons (Fsp3) is 0.438. The molecule has 4 N–H and O–H groups in total. The maximum Gasteiger partial charge on any atom is 0.305 e. The molecule has 1 fully saturated rings. The molecule has 124 valence electrons. The molecular formula is C16H20N2O5. The Balaban J connectivity index is 2.01. The third kappa shape index (κ3) is 4.70. The smallest absolute Gasteiger partial charge is 0.305 e. The molecule has 0 radical (unpaired) electrons. The Hall–Kier alpha value is -2.57. The molecule has 2 rings (SSSR count). The number of rotatable bonds is 7. The van der Waals surface area contributed by atoms with Gasteiger partial charge in [0.15, 0.2) is 6.61 Å². The summed E-state index contributed by atoms with van der Waals surface area (Å²) in [5.41, 5.74) is 4.74. The van der Waals surface area contributed by atoms with Crippen molar-refractivity contribution in [2.75, 3.05) is 6.61 Å². The number of nitrogens with one attached hydrogen (secondary N) is 1. The quantitative estimate of drug-likeness (QED) is 0.694. The van der Waals surface area contributed by atoms with Gasteiger partial charge in [0.25, 0.3) is 11.8 Å². The fourth-order valence-corrected chi connectivity index (χ4v) is 2.86. The second-order valence-corrected chi connectivity index (χ2v) is 5.79. The number of carboxylic acid groups (broad SMARTS) is 1. The second-order valence-electron chi connectivity index (χ2n) is 5.79. The summed E-state index contributed by atoms with van der Waals surface area (Å²) in [5.74, 6) is -1.37. The molecule has 1 aromatic rings. The van der Waals surface area contributed by atoms with Crippen LogP contribution in [0.4, 0.5) is 0 Å². The summed E-state index contributed by atoms with van der Waals surface area (Å²) in [7, 11) is 0. The topological polar surface area (TPSA) is 119 Å². The van der Waals surface area contributed by atoms with Crippen LogP contribution in [0.25, 0.3) is 0 Å². The van der Waals surface area contributed by atoms with Gasteiger partial charge >= 0.3 is 5.97 Å². The molecule has 1 aliphatic carbocycles. The summed E-state index contributed by atoms with van der Waals surface area (Å²) in [4.78, 5) is 34.0. The third-order valence-corrected chi connectivity index (χ3v) is 3.93. The largest absolute Gasteiger partial charge is 0.484 e. The molecule has 1 aromatic carbocycles. The number of benzene rings is 1. The van der Waals surface area contributed by atoms with Crippen molar-refractivity contribution >= 4 is 17.8 Å². The van der Waals surface area contributed by atoms with E-state index in [1.165, 1.54) is 0 Å². The molecule has 0 heterocycles. The Morgan fingerprint density at radius 1 is 1.17 bits per heavy atom. The van der Waals surface area contributed by atoms with Gasteiger partial charge in [0, 0.05) is 5.56 Å². The van der Waals surface area contributed by atoms with Gasteiger partial charge in [-0.15, -0.1) is 0 Å². The van der Waals surface area contributed by atoms with Crippen molar-refractivity contribution in [3.63, 3.8) is 0 Å². The molecule has 0 bridgehead atoms. The molecule has 1 saturated carbocycles. The van der Waals surface area contributed by atoms with Gasteiger partial charge in [0.05, 0.1) is 12.0 Å². The Bertz CT molecular complexity index is 591. The van der Waals surface area contributed by atoms with Gasteiger partial charge in [-0.3, -0.25) is 14.4 Å². The first-order chi connectivity index (χ1) is 10.9. The molecule has 0 aromatic heterocycles. The minimum Gasteiger partial charge on any atom is -0.484 e. The summed E-state index contributed by atoms with van der Waals surface area (Å²) >= 11 is 0. The van der Waals surface area contributed by atoms with E-state index in [1.54, 1.807) is 24.3 Å². The summed E-state index contributed by atoms with van der Waals surface area (Å²) in [6.07, 6.45) is 3.09. The number of carbonyl (C=O) groups is 3. The average molecular weight is 320 g/mol. The molecule has 0 saturated heterocycles. The van der Waals surface area contributed by atoms with E-state index in [4.69, 9.17) is 15.6 Å². The first kappa shape index (κ1) is 16.8. The molecule has 1 aliphatic rings. The molecule has 23 heavy (non-hydrogen) atoms. The van der Waals surface area contributed by atoms with Crippen molar-refractivity contribution in [2.24, 2.45) is 5.73 Å². The molecule has 0 aliphatic heterocycles. The molecule has 0 atom stereocenters. The highest BCUT2D eigenvalue weighted by atomic mass is 16.5. The Morgan fingerprint density at radius 3 is 2.30 bits per heavy atom. The Morgan fingerprint density at radius 2 is 1.78 bits per heavy atom. The number of primary amides is 1. The highest BCUT2D eigenvalue weighted by Crippen LogP contribution is 2.33. The van der Waals surface area contributed by atoms with Crippen molar-refractivity contribution in [2.45, 2.75) is 37.6 Å². The summed E-state index contributed by atoms with van der Waals surface area (Å²) in [6.45, 7) is -0.229. The number of carbonyl (C=O) groups excluding carboxylic acids is 2. The van der Waals surface area contributed by atoms with Crippen molar-refractivity contribution in [3.05, 3.63) is 29.8 Å². The van der Waals surface area contributed by atoms with Gasteiger partial charge in [-0.05, 0) is 37.1 Å². The van der Waals surface area contributed by atoms with E-state index in [-0.39, 0.29) is 18.9 Å². The van der Waals surface area contributed by atoms with Crippen LogP contribution in [0.15, 0.2) is 24.3 Å². The van der Waals surface area contributed by atoms with E-state index >= 15 is 0 Å². The Labute approximate surface area is 133 Å². The first-order valence-electron chi connectivity index (χ1n) is 7.46. The number of ether oxygens (including phenoxy) is 1. The van der Waals surface area contributed by atoms with E-state index in [1.807, 2.05) is 0 Å². The van der Waals surface area contributed by atoms with E-state index in [9.17, 15) is 14.4 Å². The molecule has 0 unspecified atom stereocenters. The molecular weight excluding hydrogens is 300 g/mol. The van der Waals surface area contributed by atoms with Gasteiger partial charge in [0.1, 0.15) is 5.75 Å². The first-order valence-corrected chi connectivity index (χ1v) is 7.46. The Kier molecular flexibility index (Phi) is 5.20. The standard InChI is InChI=1S/C16H20N2O5/c17-13(19)10-23-12-5-3-11(4-6-12)15(22)18-16(9-14(20)21)7-1-2-8-16/h3-6H,1-2,7-10H2,(H2,17,19)(H,18,22)(H,20,21). The van der Waals surface area contributed by atoms with Crippen LogP contribution in [0.3, 0.4) is 0 Å². The zero-order valence-electron chi connectivity index (χ0n) is 12.7. The van der Waals surface area contributed by atoms with Crippen LogP contribution in [-0.4, -0.2) is 35.0 Å². The summed E-state index contributed by atoms with van der Waals surface area (Å²) < 4.78 is 5.12. The normalized spacial score (nSPS) is 15.8. The van der Waals surface area contributed by atoms with E-state index in [2.05, 4.69) is 5.32 Å². The number of hydrogen-bond donors (Lipinski definition) is 3. The van der Waals surface area contributed by atoms with E-state index in [0.29, 0.717) is 24.2 Å². The number of nitrogens with two attached hydrogens (primary N) is 1. The predicted molar refractivity (Wildman–Crippen MR) is 82.0 cm³/mol. The van der Waals surface area contributed by atoms with Crippen LogP contribution in [0, 0.1) is 0 Å². The maximum atomic E-state index is 12.3. The monoisotopic (exact) mass is 320 g/mol. The lowest BCUT2D eigenvalue weighted by atomic mass is 9.92. The lowest BCUT2D eigenvalue weighted by Gasteiger charge is -2.28. The zero-order valence-corrected chi connectivity index (χ0v) is 12.7. The summed E-state index contributed by atoms with van der Waals surface area (Å²) in [5, 5.41) is 11.9. The minimum absolute atomic E-state index is 0.0709. The van der Waals surface area contributed by atoms with Gasteiger partial charge in [0.2, 0.25) is 0 Å². The van der Waals surface area contributed by atoms with Gasteiger partial charge in [-0.25, -0.2) is 0 Å². The van der Waals surface area contributed by atoms with Crippen molar-refractivity contribution in [1.82, 2.24) is 5.32 Å². The molecule has 7 nitrogen and oxygen atoms in total. The predicted octanol–water partition coefficient (Wildman–Crippen LogP) is 1.07. The molecule has 2 amide bonds. The van der Waals surface area contributed by atoms with Gasteiger partial charge < -0.3 is 20.9 Å². The van der Waals surface area contributed by atoms with Crippen LogP contribution in [0.5, 0.6) is 5.75 Å². The zero-order chi connectivity index (χ0) is 16.9. The molecule has 7 heteroatoms. The van der Waals surface area contributed by atoms with Crippen molar-refractivity contribution in [3.8, 4) is 5.75 Å². The van der Waals surface area contributed by atoms with Crippen molar-refractivity contribution < 1.29 is 24.2 Å². The molecule has 0 spiro atoms. The van der Waals surface area contributed by atoms with Crippen molar-refractivity contribution in [1.29, 1.82) is 0 Å². The van der Waals surface area contributed by atoms with Gasteiger partial charge in [-0.1, -0.05) is 12.8 Å². The van der Waals surface area contributed by atoms with Crippen LogP contribution in [0.2, 0.25) is 0 Å². The number of hydrogen-bond acceptors (Lipinski definition) is 4. The average Bonchev–Trinajstić information content (AvgIpc) is 2.92. The number of aliphatic carboxylic acids is 1.